The second-order valence-corrected chi connectivity index (χ2v) is 7.41. The maximum Gasteiger partial charge on any atom is 0.333 e. The maximum absolute atomic E-state index is 13.2. The first-order valence-electron chi connectivity index (χ1n) is 9.48. The van der Waals surface area contributed by atoms with E-state index in [0.717, 1.165) is 20.3 Å². The Labute approximate surface area is 181 Å². The van der Waals surface area contributed by atoms with Crippen molar-refractivity contribution in [3.8, 4) is 0 Å². The van der Waals surface area contributed by atoms with E-state index in [1.165, 1.54) is 12.4 Å². The molecule has 9 heteroatoms. The summed E-state index contributed by atoms with van der Waals surface area (Å²) in [6.45, 7) is 1.58. The normalized spacial score (nSPS) is 10.9. The van der Waals surface area contributed by atoms with Gasteiger partial charge in [0.25, 0.3) is 5.56 Å². The van der Waals surface area contributed by atoms with Crippen LogP contribution in [0, 0.1) is 6.92 Å². The summed E-state index contributed by atoms with van der Waals surface area (Å²) >= 11 is 6.19. The molecule has 8 nitrogen and oxygen atoms in total. The quantitative estimate of drug-likeness (QED) is 0.519. The Balaban J connectivity index is 1.75. The summed E-state index contributed by atoms with van der Waals surface area (Å²) < 4.78 is 2.20. The number of carbonyl (C=O) groups excluding carboxylic acids is 1. The minimum Gasteiger partial charge on any atom is -0.323 e. The molecule has 31 heavy (non-hydrogen) atoms. The molecule has 2 heterocycles. The highest BCUT2D eigenvalue weighted by Gasteiger charge is 2.18. The lowest BCUT2D eigenvalue weighted by atomic mass is 10.2. The number of amides is 1. The fourth-order valence-electron chi connectivity index (χ4n) is 3.23. The van der Waals surface area contributed by atoms with E-state index < -0.39 is 17.2 Å². The van der Waals surface area contributed by atoms with Gasteiger partial charge in [0.2, 0.25) is 5.91 Å². The van der Waals surface area contributed by atoms with Crippen LogP contribution in [0.1, 0.15) is 11.1 Å². The number of aromatic nitrogens is 4. The SMILES string of the molecule is Cc1ccc(NC(=O)Cn2c(=O)n(Cc3ccccc3)c(=O)c3nccnc32)c(Cl)c1. The number of anilines is 1. The van der Waals surface area contributed by atoms with Crippen LogP contribution in [-0.2, 0) is 17.9 Å². The van der Waals surface area contributed by atoms with Crippen molar-refractivity contribution in [2.75, 3.05) is 5.32 Å². The van der Waals surface area contributed by atoms with Crippen LogP contribution in [0.15, 0.2) is 70.5 Å². The van der Waals surface area contributed by atoms with E-state index in [2.05, 4.69) is 15.3 Å². The lowest BCUT2D eigenvalue weighted by Crippen LogP contribution is -2.42. The van der Waals surface area contributed by atoms with Crippen molar-refractivity contribution >= 4 is 34.4 Å². The van der Waals surface area contributed by atoms with Crippen LogP contribution < -0.4 is 16.6 Å². The van der Waals surface area contributed by atoms with Gasteiger partial charge in [0.05, 0.1) is 17.3 Å². The zero-order valence-corrected chi connectivity index (χ0v) is 17.3. The summed E-state index contributed by atoms with van der Waals surface area (Å²) in [5.74, 6) is -0.482. The molecule has 4 aromatic rings. The molecule has 0 saturated heterocycles. The van der Waals surface area contributed by atoms with E-state index in [9.17, 15) is 14.4 Å². The largest absolute Gasteiger partial charge is 0.333 e. The van der Waals surface area contributed by atoms with Crippen LogP contribution in [0.2, 0.25) is 5.02 Å². The van der Waals surface area contributed by atoms with E-state index in [-0.39, 0.29) is 24.3 Å². The topological polar surface area (TPSA) is 98.9 Å². The molecule has 0 spiro atoms. The molecule has 1 N–H and O–H groups in total. The zero-order chi connectivity index (χ0) is 22.0. The van der Waals surface area contributed by atoms with Crippen molar-refractivity contribution in [2.24, 2.45) is 0 Å². The number of halogens is 1. The molecule has 2 aromatic heterocycles. The lowest BCUT2D eigenvalue weighted by molar-refractivity contribution is -0.116. The third kappa shape index (κ3) is 4.24. The van der Waals surface area contributed by atoms with E-state index in [1.54, 1.807) is 12.1 Å². The second-order valence-electron chi connectivity index (χ2n) is 7.01. The maximum atomic E-state index is 13.2. The highest BCUT2D eigenvalue weighted by molar-refractivity contribution is 6.33. The summed E-state index contributed by atoms with van der Waals surface area (Å²) in [6.07, 6.45) is 2.74. The zero-order valence-electron chi connectivity index (χ0n) is 16.6. The first-order valence-corrected chi connectivity index (χ1v) is 9.86. The molecule has 0 aliphatic rings. The molecular formula is C22H18ClN5O3. The number of fused-ring (bicyclic) bond motifs is 1. The van der Waals surface area contributed by atoms with Crippen molar-refractivity contribution in [2.45, 2.75) is 20.0 Å². The van der Waals surface area contributed by atoms with Gasteiger partial charge in [-0.05, 0) is 30.2 Å². The molecule has 4 rings (SSSR count). The van der Waals surface area contributed by atoms with Crippen molar-refractivity contribution in [3.63, 3.8) is 0 Å². The van der Waals surface area contributed by atoms with E-state index in [1.807, 2.05) is 43.3 Å². The average Bonchev–Trinajstić information content (AvgIpc) is 2.77. The average molecular weight is 436 g/mol. The first-order chi connectivity index (χ1) is 14.9. The molecule has 0 fully saturated rings. The van der Waals surface area contributed by atoms with Crippen molar-refractivity contribution in [1.29, 1.82) is 0 Å². The van der Waals surface area contributed by atoms with Gasteiger partial charge in [-0.2, -0.15) is 0 Å². The Morgan fingerprint density at radius 2 is 1.77 bits per heavy atom. The molecule has 2 aromatic carbocycles. The number of nitrogens with zero attached hydrogens (tertiary/aromatic N) is 4. The standard InChI is InChI=1S/C22H18ClN5O3/c1-14-7-8-17(16(23)11-14)26-18(29)13-27-20-19(24-9-10-25-20)21(30)28(22(27)31)12-15-5-3-2-4-6-15/h2-11H,12-13H2,1H3,(H,26,29). The minimum atomic E-state index is -0.646. The third-order valence-electron chi connectivity index (χ3n) is 4.73. The van der Waals surface area contributed by atoms with Gasteiger partial charge < -0.3 is 5.32 Å². The number of benzene rings is 2. The van der Waals surface area contributed by atoms with E-state index >= 15 is 0 Å². The predicted octanol–water partition coefficient (Wildman–Crippen LogP) is 2.60. The van der Waals surface area contributed by atoms with Gasteiger partial charge >= 0.3 is 5.69 Å². The highest BCUT2D eigenvalue weighted by atomic mass is 35.5. The van der Waals surface area contributed by atoms with Crippen LogP contribution in [-0.4, -0.2) is 25.0 Å². The Morgan fingerprint density at radius 3 is 2.52 bits per heavy atom. The van der Waals surface area contributed by atoms with Crippen LogP contribution in [0.5, 0.6) is 0 Å². The Hall–Kier alpha value is -3.78. The molecule has 0 aliphatic heterocycles. The van der Waals surface area contributed by atoms with Crippen LogP contribution in [0.25, 0.3) is 11.2 Å². The summed E-state index contributed by atoms with van der Waals surface area (Å²) in [6, 6.07) is 14.3. The highest BCUT2D eigenvalue weighted by Crippen LogP contribution is 2.22. The minimum absolute atomic E-state index is 0.0131. The fourth-order valence-corrected chi connectivity index (χ4v) is 3.52. The predicted molar refractivity (Wildman–Crippen MR) is 118 cm³/mol. The molecule has 0 atom stereocenters. The Bertz CT molecular complexity index is 1400. The molecule has 0 bridgehead atoms. The number of carbonyl (C=O) groups is 1. The molecular weight excluding hydrogens is 418 g/mol. The smallest absolute Gasteiger partial charge is 0.323 e. The van der Waals surface area contributed by atoms with Crippen molar-refractivity contribution < 1.29 is 4.79 Å². The second kappa shape index (κ2) is 8.53. The number of hydrogen-bond acceptors (Lipinski definition) is 5. The Morgan fingerprint density at radius 1 is 1.03 bits per heavy atom. The Kier molecular flexibility index (Phi) is 5.64. The summed E-state index contributed by atoms with van der Waals surface area (Å²) in [5.41, 5.74) is 1.01. The molecule has 0 unspecified atom stereocenters. The van der Waals surface area contributed by atoms with Gasteiger partial charge in [-0.15, -0.1) is 0 Å². The van der Waals surface area contributed by atoms with Gasteiger partial charge in [-0.25, -0.2) is 14.8 Å². The third-order valence-corrected chi connectivity index (χ3v) is 5.04. The van der Waals surface area contributed by atoms with Crippen molar-refractivity contribution in [1.82, 2.24) is 19.1 Å². The van der Waals surface area contributed by atoms with Crippen LogP contribution in [0.4, 0.5) is 5.69 Å². The summed E-state index contributed by atoms with van der Waals surface area (Å²) in [5, 5.41) is 3.08. The summed E-state index contributed by atoms with van der Waals surface area (Å²) in [7, 11) is 0. The molecule has 156 valence electrons. The van der Waals surface area contributed by atoms with Crippen LogP contribution >= 0.6 is 11.6 Å². The van der Waals surface area contributed by atoms with Crippen molar-refractivity contribution in [3.05, 3.63) is 97.9 Å². The molecule has 0 aliphatic carbocycles. The fraction of sp³-hybridized carbons (Fsp3) is 0.136. The molecule has 1 amide bonds. The number of nitrogens with one attached hydrogen (secondary N) is 1. The number of hydrogen-bond donors (Lipinski definition) is 1. The molecule has 0 saturated carbocycles. The van der Waals surface area contributed by atoms with Gasteiger partial charge in [0.1, 0.15) is 6.54 Å². The van der Waals surface area contributed by atoms with E-state index in [0.29, 0.717) is 10.7 Å². The number of rotatable bonds is 5. The van der Waals surface area contributed by atoms with Crippen LogP contribution in [0.3, 0.4) is 0 Å². The van der Waals surface area contributed by atoms with E-state index in [4.69, 9.17) is 11.6 Å². The first kappa shape index (κ1) is 20.5. The van der Waals surface area contributed by atoms with Gasteiger partial charge in [-0.1, -0.05) is 48.0 Å². The van der Waals surface area contributed by atoms with Gasteiger partial charge in [-0.3, -0.25) is 18.7 Å². The lowest BCUT2D eigenvalue weighted by Gasteiger charge is -2.13. The van der Waals surface area contributed by atoms with Gasteiger partial charge in [0.15, 0.2) is 11.2 Å². The number of aryl methyl sites for hydroxylation is 1. The summed E-state index contributed by atoms with van der Waals surface area (Å²) in [4.78, 5) is 47.0. The monoisotopic (exact) mass is 435 g/mol. The molecule has 0 radical (unpaired) electrons. The van der Waals surface area contributed by atoms with Gasteiger partial charge in [0, 0.05) is 12.4 Å².